The molecule has 140 valence electrons. The van der Waals surface area contributed by atoms with Gasteiger partial charge in [-0.2, -0.15) is 13.2 Å². The van der Waals surface area contributed by atoms with E-state index < -0.39 is 31.1 Å². The number of aryl methyl sites for hydroxylation is 1. The van der Waals surface area contributed by atoms with Crippen molar-refractivity contribution in [2.24, 2.45) is 0 Å². The van der Waals surface area contributed by atoms with Crippen LogP contribution in [0, 0.1) is 6.92 Å². The molecule has 5 nitrogen and oxygen atoms in total. The molecule has 1 aromatic heterocycles. The second-order valence-electron chi connectivity index (χ2n) is 5.45. The molecule has 1 amide bonds. The van der Waals surface area contributed by atoms with Crippen LogP contribution in [0.15, 0.2) is 29.6 Å². The van der Waals surface area contributed by atoms with Crippen LogP contribution in [0.5, 0.6) is 0 Å². The van der Waals surface area contributed by atoms with E-state index in [1.807, 2.05) is 12.3 Å². The fourth-order valence-electron chi connectivity index (χ4n) is 2.20. The van der Waals surface area contributed by atoms with Crippen LogP contribution in [0.4, 0.5) is 13.2 Å². The van der Waals surface area contributed by atoms with Crippen LogP contribution < -0.4 is 0 Å². The van der Waals surface area contributed by atoms with E-state index >= 15 is 0 Å². The van der Waals surface area contributed by atoms with Crippen LogP contribution in [-0.2, 0) is 9.53 Å². The molecule has 0 bridgehead atoms. The van der Waals surface area contributed by atoms with Gasteiger partial charge in [-0.3, -0.25) is 9.59 Å². The van der Waals surface area contributed by atoms with Gasteiger partial charge in [0.15, 0.2) is 0 Å². The number of halogens is 3. The van der Waals surface area contributed by atoms with E-state index in [0.717, 1.165) is 16.3 Å². The molecule has 2 aromatic rings. The molecule has 26 heavy (non-hydrogen) atoms. The molecule has 0 saturated heterocycles. The van der Waals surface area contributed by atoms with Crippen molar-refractivity contribution >= 4 is 23.2 Å². The van der Waals surface area contributed by atoms with E-state index in [-0.39, 0.29) is 12.2 Å². The van der Waals surface area contributed by atoms with Gasteiger partial charge in [0.2, 0.25) is 0 Å². The summed E-state index contributed by atoms with van der Waals surface area (Å²) in [6, 6.07) is 6.06. The third kappa shape index (κ3) is 5.55. The SMILES string of the molecule is CCOC(=O)CN(CC(F)(F)F)C(=O)c1ccc(-c2nc(C)cs2)cc1. The topological polar surface area (TPSA) is 59.5 Å². The van der Waals surface area contributed by atoms with Crippen LogP contribution in [0.25, 0.3) is 10.6 Å². The molecule has 1 heterocycles. The molecule has 0 unspecified atom stereocenters. The van der Waals surface area contributed by atoms with E-state index in [1.54, 1.807) is 12.1 Å². The number of benzene rings is 1. The summed E-state index contributed by atoms with van der Waals surface area (Å²) >= 11 is 1.43. The minimum atomic E-state index is -4.62. The van der Waals surface area contributed by atoms with Crippen LogP contribution in [0.1, 0.15) is 23.0 Å². The minimum absolute atomic E-state index is 0.0226. The van der Waals surface area contributed by atoms with Gasteiger partial charge >= 0.3 is 12.1 Å². The van der Waals surface area contributed by atoms with E-state index in [9.17, 15) is 22.8 Å². The van der Waals surface area contributed by atoms with Gasteiger partial charge in [-0.05, 0) is 26.0 Å². The molecule has 0 aliphatic carbocycles. The van der Waals surface area contributed by atoms with Gasteiger partial charge in [0.1, 0.15) is 18.1 Å². The molecule has 1 aromatic carbocycles. The quantitative estimate of drug-likeness (QED) is 0.711. The molecule has 9 heteroatoms. The standard InChI is InChI=1S/C17H17F3N2O3S/c1-3-25-14(23)8-22(10-17(18,19)20)16(24)13-6-4-12(5-7-13)15-21-11(2)9-26-15/h4-7,9H,3,8,10H2,1-2H3. The number of carbonyl (C=O) groups is 2. The van der Waals surface area contributed by atoms with Gasteiger partial charge in [-0.1, -0.05) is 12.1 Å². The Labute approximate surface area is 152 Å². The number of rotatable bonds is 6. The number of nitrogens with zero attached hydrogens (tertiary/aromatic N) is 2. The highest BCUT2D eigenvalue weighted by Crippen LogP contribution is 2.24. The van der Waals surface area contributed by atoms with Crippen LogP contribution in [0.3, 0.4) is 0 Å². The zero-order chi connectivity index (χ0) is 19.3. The number of carbonyl (C=O) groups excluding carboxylic acids is 2. The van der Waals surface area contributed by atoms with E-state index in [2.05, 4.69) is 9.72 Å². The maximum absolute atomic E-state index is 12.8. The average molecular weight is 386 g/mol. The van der Waals surface area contributed by atoms with E-state index in [4.69, 9.17) is 0 Å². The highest BCUT2D eigenvalue weighted by atomic mass is 32.1. The van der Waals surface area contributed by atoms with Gasteiger partial charge in [0, 0.05) is 22.2 Å². The summed E-state index contributed by atoms with van der Waals surface area (Å²) in [5, 5.41) is 2.62. The van der Waals surface area contributed by atoms with Crippen molar-refractivity contribution in [3.63, 3.8) is 0 Å². The van der Waals surface area contributed by atoms with Gasteiger partial charge in [0.05, 0.1) is 6.61 Å². The molecule has 2 rings (SSSR count). The average Bonchev–Trinajstić information content (AvgIpc) is 2.99. The Morgan fingerprint density at radius 2 is 1.88 bits per heavy atom. The molecule has 0 aliphatic rings. The molecule has 0 N–H and O–H groups in total. The van der Waals surface area contributed by atoms with Gasteiger partial charge < -0.3 is 9.64 Å². The van der Waals surface area contributed by atoms with Crippen LogP contribution >= 0.6 is 11.3 Å². The van der Waals surface area contributed by atoms with Crippen LogP contribution in [0.2, 0.25) is 0 Å². The zero-order valence-electron chi connectivity index (χ0n) is 14.2. The Bertz CT molecular complexity index is 772. The Morgan fingerprint density at radius 3 is 2.38 bits per heavy atom. The third-order valence-electron chi connectivity index (χ3n) is 3.28. The van der Waals surface area contributed by atoms with Crippen molar-refractivity contribution < 1.29 is 27.5 Å². The van der Waals surface area contributed by atoms with E-state index in [0.29, 0.717) is 4.90 Å². The second-order valence-corrected chi connectivity index (χ2v) is 6.31. The van der Waals surface area contributed by atoms with Crippen molar-refractivity contribution in [1.82, 2.24) is 9.88 Å². The first-order valence-corrected chi connectivity index (χ1v) is 8.62. The fourth-order valence-corrected chi connectivity index (χ4v) is 3.01. The maximum Gasteiger partial charge on any atom is 0.406 e. The summed E-state index contributed by atoms with van der Waals surface area (Å²) in [6.45, 7) is 1.11. The molecular formula is C17H17F3N2O3S. The largest absolute Gasteiger partial charge is 0.465 e. The zero-order valence-corrected chi connectivity index (χ0v) is 15.0. The van der Waals surface area contributed by atoms with Crippen LogP contribution in [-0.4, -0.2) is 47.6 Å². The summed E-state index contributed by atoms with van der Waals surface area (Å²) < 4.78 is 42.9. The lowest BCUT2D eigenvalue weighted by Gasteiger charge is -2.23. The monoisotopic (exact) mass is 386 g/mol. The van der Waals surface area contributed by atoms with Crippen molar-refractivity contribution in [2.75, 3.05) is 19.7 Å². The molecule has 0 saturated carbocycles. The summed E-state index contributed by atoms with van der Waals surface area (Å²) in [5.74, 6) is -1.78. The number of esters is 1. The number of hydrogen-bond donors (Lipinski definition) is 0. The number of hydrogen-bond acceptors (Lipinski definition) is 5. The number of alkyl halides is 3. The Hall–Kier alpha value is -2.42. The number of thiazole rings is 1. The first-order valence-electron chi connectivity index (χ1n) is 7.74. The van der Waals surface area contributed by atoms with Crippen molar-refractivity contribution in [2.45, 2.75) is 20.0 Å². The van der Waals surface area contributed by atoms with Crippen molar-refractivity contribution in [3.05, 3.63) is 40.9 Å². The third-order valence-corrected chi connectivity index (χ3v) is 4.29. The predicted molar refractivity (Wildman–Crippen MR) is 90.9 cm³/mol. The van der Waals surface area contributed by atoms with Crippen molar-refractivity contribution in [1.29, 1.82) is 0 Å². The summed E-state index contributed by atoms with van der Waals surface area (Å²) in [4.78, 5) is 28.7. The van der Waals surface area contributed by atoms with Gasteiger partial charge in [0.25, 0.3) is 5.91 Å². The molecule has 0 fully saturated rings. The van der Waals surface area contributed by atoms with Gasteiger partial charge in [-0.15, -0.1) is 11.3 Å². The van der Waals surface area contributed by atoms with Gasteiger partial charge in [-0.25, -0.2) is 4.98 Å². The van der Waals surface area contributed by atoms with E-state index in [1.165, 1.54) is 30.4 Å². The first-order chi connectivity index (χ1) is 12.2. The lowest BCUT2D eigenvalue weighted by Crippen LogP contribution is -2.42. The molecule has 0 spiro atoms. The summed E-state index contributed by atoms with van der Waals surface area (Å²) in [6.07, 6.45) is -4.62. The molecular weight excluding hydrogens is 369 g/mol. The highest BCUT2D eigenvalue weighted by Gasteiger charge is 2.34. The number of ether oxygens (including phenoxy) is 1. The Morgan fingerprint density at radius 1 is 1.23 bits per heavy atom. The number of aromatic nitrogens is 1. The van der Waals surface area contributed by atoms with Crippen molar-refractivity contribution in [3.8, 4) is 10.6 Å². The maximum atomic E-state index is 12.8. The normalized spacial score (nSPS) is 11.3. The predicted octanol–water partition coefficient (Wildman–Crippen LogP) is 3.69. The highest BCUT2D eigenvalue weighted by molar-refractivity contribution is 7.13. The lowest BCUT2D eigenvalue weighted by atomic mass is 10.1. The first kappa shape index (κ1) is 19.9. The number of amides is 1. The molecule has 0 aliphatic heterocycles. The smallest absolute Gasteiger partial charge is 0.406 e. The Balaban J connectivity index is 2.19. The molecule has 0 radical (unpaired) electrons. The molecule has 0 atom stereocenters. The summed E-state index contributed by atoms with van der Waals surface area (Å²) in [7, 11) is 0. The minimum Gasteiger partial charge on any atom is -0.465 e. The second kappa shape index (κ2) is 8.31. The lowest BCUT2D eigenvalue weighted by molar-refractivity contribution is -0.153. The Kier molecular flexibility index (Phi) is 6.36. The fraction of sp³-hybridized carbons (Fsp3) is 0.353. The summed E-state index contributed by atoms with van der Waals surface area (Å²) in [5.41, 5.74) is 1.67.